The lowest BCUT2D eigenvalue weighted by Crippen LogP contribution is -2.51. The van der Waals surface area contributed by atoms with Gasteiger partial charge in [-0.1, -0.05) is 19.3 Å². The predicted octanol–water partition coefficient (Wildman–Crippen LogP) is 1.63. The lowest BCUT2D eigenvalue weighted by molar-refractivity contribution is 0.298. The number of nitrogens with one attached hydrogen (secondary N) is 2. The number of alkyl halides is 1. The van der Waals surface area contributed by atoms with Crippen molar-refractivity contribution in [1.82, 2.24) is 14.9 Å². The highest BCUT2D eigenvalue weighted by molar-refractivity contribution is 7.89. The number of hydrogen-bond acceptors (Lipinski definition) is 3. The van der Waals surface area contributed by atoms with Crippen LogP contribution in [0.1, 0.15) is 32.1 Å². The Morgan fingerprint density at radius 2 is 2.12 bits per heavy atom. The van der Waals surface area contributed by atoms with Crippen LogP contribution in [-0.4, -0.2) is 30.0 Å². The molecule has 0 atom stereocenters. The van der Waals surface area contributed by atoms with E-state index >= 15 is 0 Å². The molecule has 0 aliphatic heterocycles. The minimum absolute atomic E-state index is 0.160. The summed E-state index contributed by atoms with van der Waals surface area (Å²) in [6.45, 7) is 0. The molecule has 17 heavy (non-hydrogen) atoms. The van der Waals surface area contributed by atoms with Crippen LogP contribution in [0.5, 0.6) is 0 Å². The van der Waals surface area contributed by atoms with Gasteiger partial charge >= 0.3 is 0 Å². The number of sulfonamides is 1. The molecule has 0 unspecified atom stereocenters. The zero-order chi connectivity index (χ0) is 12.4. The smallest absolute Gasteiger partial charge is 0.244 e. The van der Waals surface area contributed by atoms with Gasteiger partial charge in [0, 0.05) is 17.6 Å². The number of nitrogens with zero attached hydrogens (tertiary/aromatic N) is 1. The highest BCUT2D eigenvalue weighted by Gasteiger charge is 2.35. The Labute approximate surface area is 106 Å². The van der Waals surface area contributed by atoms with Crippen LogP contribution in [0.15, 0.2) is 17.3 Å². The van der Waals surface area contributed by atoms with E-state index < -0.39 is 15.6 Å². The van der Waals surface area contributed by atoms with E-state index in [4.69, 9.17) is 11.6 Å². The van der Waals surface area contributed by atoms with Gasteiger partial charge in [0.25, 0.3) is 0 Å². The van der Waals surface area contributed by atoms with Crippen molar-refractivity contribution in [2.75, 3.05) is 5.88 Å². The van der Waals surface area contributed by atoms with E-state index in [1.165, 1.54) is 12.4 Å². The van der Waals surface area contributed by atoms with Crippen molar-refractivity contribution in [2.45, 2.75) is 42.5 Å². The Balaban J connectivity index is 2.19. The monoisotopic (exact) mass is 277 g/mol. The van der Waals surface area contributed by atoms with Crippen LogP contribution in [0.4, 0.5) is 0 Å². The van der Waals surface area contributed by atoms with E-state index in [9.17, 15) is 8.42 Å². The third kappa shape index (κ3) is 2.81. The second kappa shape index (κ2) is 4.96. The molecule has 7 heteroatoms. The fourth-order valence-electron chi connectivity index (χ4n) is 2.22. The first-order valence-corrected chi connectivity index (χ1v) is 7.69. The molecule has 0 bridgehead atoms. The molecule has 96 valence electrons. The molecule has 0 saturated heterocycles. The second-order valence-electron chi connectivity index (χ2n) is 4.51. The van der Waals surface area contributed by atoms with E-state index in [1.807, 2.05) is 0 Å². The fraction of sp³-hybridized carbons (Fsp3) is 0.700. The number of rotatable bonds is 4. The lowest BCUT2D eigenvalue weighted by Gasteiger charge is -2.35. The average Bonchev–Trinajstić information content (AvgIpc) is 2.84. The Kier molecular flexibility index (Phi) is 3.75. The molecule has 0 spiro atoms. The normalized spacial score (nSPS) is 20.3. The summed E-state index contributed by atoms with van der Waals surface area (Å²) in [5, 5.41) is 6.15. The van der Waals surface area contributed by atoms with Crippen molar-refractivity contribution in [2.24, 2.45) is 0 Å². The van der Waals surface area contributed by atoms with Gasteiger partial charge in [0.1, 0.15) is 4.90 Å². The zero-order valence-corrected chi connectivity index (χ0v) is 11.0. The molecule has 1 aliphatic carbocycles. The van der Waals surface area contributed by atoms with Gasteiger partial charge in [0.2, 0.25) is 10.0 Å². The first kappa shape index (κ1) is 12.9. The van der Waals surface area contributed by atoms with E-state index in [0.717, 1.165) is 32.1 Å². The first-order valence-electron chi connectivity index (χ1n) is 5.67. The molecule has 1 aromatic rings. The van der Waals surface area contributed by atoms with Crippen molar-refractivity contribution in [3.8, 4) is 0 Å². The topological polar surface area (TPSA) is 74.8 Å². The number of H-pyrrole nitrogens is 1. The maximum absolute atomic E-state index is 12.1. The molecule has 0 amide bonds. The van der Waals surface area contributed by atoms with Crippen LogP contribution in [0.2, 0.25) is 0 Å². The Morgan fingerprint density at radius 3 is 2.65 bits per heavy atom. The summed E-state index contributed by atoms with van der Waals surface area (Å²) in [6.07, 6.45) is 7.44. The quantitative estimate of drug-likeness (QED) is 0.822. The number of hydrogen-bond donors (Lipinski definition) is 2. The summed E-state index contributed by atoms with van der Waals surface area (Å²) in [6, 6.07) is 0. The molecule has 2 N–H and O–H groups in total. The van der Waals surface area contributed by atoms with Crippen LogP contribution in [0.3, 0.4) is 0 Å². The minimum atomic E-state index is -3.52. The molecule has 1 fully saturated rings. The molecular weight excluding hydrogens is 262 g/mol. The molecule has 1 heterocycles. The summed E-state index contributed by atoms with van der Waals surface area (Å²) >= 11 is 5.95. The van der Waals surface area contributed by atoms with Crippen molar-refractivity contribution in [1.29, 1.82) is 0 Å². The van der Waals surface area contributed by atoms with Crippen LogP contribution < -0.4 is 4.72 Å². The third-order valence-electron chi connectivity index (χ3n) is 3.20. The summed E-state index contributed by atoms with van der Waals surface area (Å²) in [5.41, 5.74) is -0.490. The fourth-order valence-corrected chi connectivity index (χ4v) is 4.00. The maximum Gasteiger partial charge on any atom is 0.244 e. The van der Waals surface area contributed by atoms with Gasteiger partial charge in [-0.3, -0.25) is 5.10 Å². The van der Waals surface area contributed by atoms with Gasteiger partial charge < -0.3 is 0 Å². The Hall–Kier alpha value is -0.590. The van der Waals surface area contributed by atoms with Crippen molar-refractivity contribution < 1.29 is 8.42 Å². The predicted molar refractivity (Wildman–Crippen MR) is 65.4 cm³/mol. The van der Waals surface area contributed by atoms with Crippen LogP contribution in [0, 0.1) is 0 Å². The van der Waals surface area contributed by atoms with Gasteiger partial charge in [-0.05, 0) is 12.8 Å². The largest absolute Gasteiger partial charge is 0.284 e. The second-order valence-corrected chi connectivity index (χ2v) is 6.46. The van der Waals surface area contributed by atoms with Crippen LogP contribution in [0.25, 0.3) is 0 Å². The molecule has 1 aromatic heterocycles. The number of aromatic amines is 1. The Bertz CT molecular complexity index is 452. The van der Waals surface area contributed by atoms with Crippen LogP contribution >= 0.6 is 11.6 Å². The van der Waals surface area contributed by atoms with Gasteiger partial charge in [-0.2, -0.15) is 5.10 Å². The SMILES string of the molecule is O=S(=O)(NC1(CCl)CCCCC1)c1cn[nH]c1. The Morgan fingerprint density at radius 1 is 1.41 bits per heavy atom. The van der Waals surface area contributed by atoms with Crippen molar-refractivity contribution in [3.63, 3.8) is 0 Å². The highest BCUT2D eigenvalue weighted by Crippen LogP contribution is 2.30. The van der Waals surface area contributed by atoms with Gasteiger partial charge in [-0.25, -0.2) is 13.1 Å². The molecule has 5 nitrogen and oxygen atoms in total. The van der Waals surface area contributed by atoms with Crippen molar-refractivity contribution in [3.05, 3.63) is 12.4 Å². The summed E-state index contributed by atoms with van der Waals surface area (Å²) < 4.78 is 26.9. The van der Waals surface area contributed by atoms with Crippen molar-refractivity contribution >= 4 is 21.6 Å². The average molecular weight is 278 g/mol. The van der Waals surface area contributed by atoms with E-state index in [-0.39, 0.29) is 4.90 Å². The molecule has 1 aliphatic rings. The molecule has 1 saturated carbocycles. The van der Waals surface area contributed by atoms with Gasteiger partial charge in [0.05, 0.1) is 6.20 Å². The van der Waals surface area contributed by atoms with Crippen LogP contribution in [-0.2, 0) is 10.0 Å². The molecule has 0 radical (unpaired) electrons. The van der Waals surface area contributed by atoms with E-state index in [1.54, 1.807) is 0 Å². The highest BCUT2D eigenvalue weighted by atomic mass is 35.5. The van der Waals surface area contributed by atoms with E-state index in [2.05, 4.69) is 14.9 Å². The molecule has 0 aromatic carbocycles. The minimum Gasteiger partial charge on any atom is -0.284 e. The summed E-state index contributed by atoms with van der Waals surface area (Å²) in [7, 11) is -3.52. The summed E-state index contributed by atoms with van der Waals surface area (Å²) in [5.74, 6) is 0.310. The lowest BCUT2D eigenvalue weighted by atomic mass is 9.84. The number of aromatic nitrogens is 2. The first-order chi connectivity index (χ1) is 8.08. The van der Waals surface area contributed by atoms with E-state index in [0.29, 0.717) is 5.88 Å². The molecule has 2 rings (SSSR count). The maximum atomic E-state index is 12.1. The molecular formula is C10H16ClN3O2S. The standard InChI is InChI=1S/C10H16ClN3O2S/c11-8-10(4-2-1-3-5-10)14-17(15,16)9-6-12-13-7-9/h6-7,14H,1-5,8H2,(H,12,13). The third-order valence-corrected chi connectivity index (χ3v) is 5.26. The van der Waals surface area contributed by atoms with Gasteiger partial charge in [0.15, 0.2) is 0 Å². The zero-order valence-electron chi connectivity index (χ0n) is 9.45. The van der Waals surface area contributed by atoms with Gasteiger partial charge in [-0.15, -0.1) is 11.6 Å². The summed E-state index contributed by atoms with van der Waals surface area (Å²) in [4.78, 5) is 0.160. The number of halogens is 1.